The Bertz CT molecular complexity index is 1230. The van der Waals surface area contributed by atoms with E-state index in [2.05, 4.69) is 34.5 Å². The Balaban J connectivity index is 1.20. The van der Waals surface area contributed by atoms with Crippen molar-refractivity contribution >= 4 is 15.9 Å². The van der Waals surface area contributed by atoms with E-state index in [0.29, 0.717) is 37.7 Å². The third-order valence-corrected chi connectivity index (χ3v) is 8.59. The van der Waals surface area contributed by atoms with Crippen LogP contribution in [0.2, 0.25) is 0 Å². The number of aromatic nitrogens is 2. The Morgan fingerprint density at radius 2 is 1.59 bits per heavy atom. The SMILES string of the molecule is O=C(c1nnc(-c2ccc(S(=O)(=O)N3CCCC3)cc2)o1)N1CCC(Cc2ccccc2)CC1. The zero-order valence-electron chi connectivity index (χ0n) is 19.0. The van der Waals surface area contributed by atoms with Crippen molar-refractivity contribution in [2.45, 2.75) is 37.0 Å². The Hall–Kier alpha value is -3.04. The van der Waals surface area contributed by atoms with Gasteiger partial charge < -0.3 is 9.32 Å². The van der Waals surface area contributed by atoms with Gasteiger partial charge >= 0.3 is 11.8 Å². The number of amides is 1. The number of hydrogen-bond acceptors (Lipinski definition) is 6. The average molecular weight is 481 g/mol. The second-order valence-electron chi connectivity index (χ2n) is 8.97. The highest BCUT2D eigenvalue weighted by Crippen LogP contribution is 2.26. The van der Waals surface area contributed by atoms with Crippen LogP contribution in [0.25, 0.3) is 11.5 Å². The summed E-state index contributed by atoms with van der Waals surface area (Å²) in [6, 6.07) is 16.8. The molecule has 8 nitrogen and oxygen atoms in total. The van der Waals surface area contributed by atoms with Crippen LogP contribution in [0, 0.1) is 5.92 Å². The molecule has 0 aliphatic carbocycles. The fourth-order valence-electron chi connectivity index (χ4n) is 4.70. The van der Waals surface area contributed by atoms with Crippen molar-refractivity contribution in [3.8, 4) is 11.5 Å². The topological polar surface area (TPSA) is 96.6 Å². The Kier molecular flexibility index (Phi) is 6.47. The zero-order chi connectivity index (χ0) is 23.5. The summed E-state index contributed by atoms with van der Waals surface area (Å²) in [5.41, 5.74) is 1.90. The molecule has 0 N–H and O–H groups in total. The second kappa shape index (κ2) is 9.68. The molecule has 0 radical (unpaired) electrons. The highest BCUT2D eigenvalue weighted by molar-refractivity contribution is 7.89. The van der Waals surface area contributed by atoms with Crippen LogP contribution in [0.4, 0.5) is 0 Å². The van der Waals surface area contributed by atoms with E-state index in [1.807, 2.05) is 6.07 Å². The van der Waals surface area contributed by atoms with Crippen molar-refractivity contribution in [2.24, 2.45) is 5.92 Å². The van der Waals surface area contributed by atoms with Gasteiger partial charge in [0.1, 0.15) is 0 Å². The molecule has 0 bridgehead atoms. The fourth-order valence-corrected chi connectivity index (χ4v) is 6.21. The summed E-state index contributed by atoms with van der Waals surface area (Å²) in [6.45, 7) is 2.44. The molecule has 1 amide bonds. The minimum atomic E-state index is -3.48. The largest absolute Gasteiger partial charge is 0.412 e. The van der Waals surface area contributed by atoms with Gasteiger partial charge in [0.2, 0.25) is 15.9 Å². The van der Waals surface area contributed by atoms with Crippen molar-refractivity contribution < 1.29 is 17.6 Å². The van der Waals surface area contributed by atoms with Crippen LogP contribution in [0.5, 0.6) is 0 Å². The molecule has 3 heterocycles. The summed E-state index contributed by atoms with van der Waals surface area (Å²) in [7, 11) is -3.48. The van der Waals surface area contributed by atoms with Gasteiger partial charge in [-0.3, -0.25) is 4.79 Å². The third kappa shape index (κ3) is 4.76. The predicted octanol–water partition coefficient (Wildman–Crippen LogP) is 3.62. The van der Waals surface area contributed by atoms with E-state index in [9.17, 15) is 13.2 Å². The van der Waals surface area contributed by atoms with Gasteiger partial charge in [-0.05, 0) is 67.9 Å². The second-order valence-corrected chi connectivity index (χ2v) is 10.9. The van der Waals surface area contributed by atoms with Crippen LogP contribution in [0.15, 0.2) is 63.9 Å². The van der Waals surface area contributed by atoms with Crippen molar-refractivity contribution in [2.75, 3.05) is 26.2 Å². The number of piperidine rings is 1. The van der Waals surface area contributed by atoms with Crippen molar-refractivity contribution in [3.05, 3.63) is 66.1 Å². The van der Waals surface area contributed by atoms with Crippen molar-refractivity contribution in [3.63, 3.8) is 0 Å². The number of likely N-dealkylation sites (tertiary alicyclic amines) is 1. The normalized spacial score (nSPS) is 17.8. The van der Waals surface area contributed by atoms with Crippen LogP contribution in [0.1, 0.15) is 41.9 Å². The minimum absolute atomic E-state index is 0.0368. The third-order valence-electron chi connectivity index (χ3n) is 6.68. The van der Waals surface area contributed by atoms with Gasteiger partial charge in [0.25, 0.3) is 0 Å². The van der Waals surface area contributed by atoms with E-state index in [0.717, 1.165) is 32.1 Å². The Labute approximate surface area is 199 Å². The van der Waals surface area contributed by atoms with Crippen LogP contribution in [-0.4, -0.2) is 59.9 Å². The monoisotopic (exact) mass is 480 g/mol. The van der Waals surface area contributed by atoms with Crippen LogP contribution in [-0.2, 0) is 16.4 Å². The lowest BCUT2D eigenvalue weighted by Crippen LogP contribution is -2.39. The van der Waals surface area contributed by atoms with Gasteiger partial charge in [0.05, 0.1) is 4.90 Å². The standard InChI is InChI=1S/C25H28N4O4S/c30-25(28-16-12-20(13-17-28)18-19-6-2-1-3-7-19)24-27-26-23(33-24)21-8-10-22(11-9-21)34(31,32)29-14-4-5-15-29/h1-3,6-11,20H,4-5,12-18H2. The van der Waals surface area contributed by atoms with Gasteiger partial charge in [-0.2, -0.15) is 4.31 Å². The molecular weight excluding hydrogens is 452 g/mol. The van der Waals surface area contributed by atoms with E-state index in [1.165, 1.54) is 9.87 Å². The lowest BCUT2D eigenvalue weighted by molar-refractivity contribution is 0.0651. The maximum atomic E-state index is 12.9. The number of nitrogens with zero attached hydrogens (tertiary/aromatic N) is 4. The summed E-state index contributed by atoms with van der Waals surface area (Å²) < 4.78 is 32.6. The lowest BCUT2D eigenvalue weighted by Gasteiger charge is -2.31. The number of carbonyl (C=O) groups excluding carboxylic acids is 1. The summed E-state index contributed by atoms with van der Waals surface area (Å²) in [5.74, 6) is 0.461. The quantitative estimate of drug-likeness (QED) is 0.535. The molecule has 0 atom stereocenters. The zero-order valence-corrected chi connectivity index (χ0v) is 19.8. The molecule has 34 heavy (non-hydrogen) atoms. The average Bonchev–Trinajstić information content (AvgIpc) is 3.58. The molecule has 2 fully saturated rings. The number of hydrogen-bond donors (Lipinski definition) is 0. The number of carbonyl (C=O) groups is 1. The van der Waals surface area contributed by atoms with E-state index in [1.54, 1.807) is 29.2 Å². The highest BCUT2D eigenvalue weighted by atomic mass is 32.2. The Morgan fingerprint density at radius 1 is 0.912 bits per heavy atom. The molecule has 5 rings (SSSR count). The fraction of sp³-hybridized carbons (Fsp3) is 0.400. The first-order chi connectivity index (χ1) is 16.5. The van der Waals surface area contributed by atoms with Crippen LogP contribution >= 0.6 is 0 Å². The molecule has 2 aromatic carbocycles. The molecule has 1 aromatic heterocycles. The number of rotatable bonds is 6. The first kappa shape index (κ1) is 22.7. The number of sulfonamides is 1. The molecule has 2 aliphatic heterocycles. The molecule has 0 unspecified atom stereocenters. The van der Waals surface area contributed by atoms with Gasteiger partial charge in [-0.1, -0.05) is 30.3 Å². The Morgan fingerprint density at radius 3 is 2.26 bits per heavy atom. The summed E-state index contributed by atoms with van der Waals surface area (Å²) in [4.78, 5) is 14.9. The summed E-state index contributed by atoms with van der Waals surface area (Å²) in [5, 5.41) is 7.97. The molecule has 2 aliphatic rings. The first-order valence-electron chi connectivity index (χ1n) is 11.8. The van der Waals surface area contributed by atoms with Crippen molar-refractivity contribution in [1.82, 2.24) is 19.4 Å². The molecule has 0 saturated carbocycles. The first-order valence-corrected chi connectivity index (χ1v) is 13.2. The van der Waals surface area contributed by atoms with Gasteiger partial charge in [0, 0.05) is 31.7 Å². The van der Waals surface area contributed by atoms with E-state index < -0.39 is 10.0 Å². The predicted molar refractivity (Wildman–Crippen MR) is 127 cm³/mol. The van der Waals surface area contributed by atoms with Gasteiger partial charge in [-0.15, -0.1) is 10.2 Å². The molecule has 178 valence electrons. The van der Waals surface area contributed by atoms with Crippen LogP contribution < -0.4 is 0 Å². The van der Waals surface area contributed by atoms with Crippen molar-refractivity contribution in [1.29, 1.82) is 0 Å². The van der Waals surface area contributed by atoms with E-state index in [-0.39, 0.29) is 22.6 Å². The molecule has 2 saturated heterocycles. The maximum absolute atomic E-state index is 12.9. The van der Waals surface area contributed by atoms with Gasteiger partial charge in [0.15, 0.2) is 0 Å². The highest BCUT2D eigenvalue weighted by Gasteiger charge is 2.29. The summed E-state index contributed by atoms with van der Waals surface area (Å²) in [6.07, 6.45) is 4.68. The summed E-state index contributed by atoms with van der Waals surface area (Å²) >= 11 is 0. The van der Waals surface area contributed by atoms with Gasteiger partial charge in [-0.25, -0.2) is 8.42 Å². The molecule has 3 aromatic rings. The molecule has 0 spiro atoms. The van der Waals surface area contributed by atoms with E-state index in [4.69, 9.17) is 4.42 Å². The minimum Gasteiger partial charge on any atom is -0.412 e. The maximum Gasteiger partial charge on any atom is 0.311 e. The number of benzene rings is 2. The lowest BCUT2D eigenvalue weighted by atomic mass is 9.90. The molecule has 9 heteroatoms. The molecular formula is C25H28N4O4S. The smallest absolute Gasteiger partial charge is 0.311 e. The van der Waals surface area contributed by atoms with Crippen LogP contribution in [0.3, 0.4) is 0 Å². The van der Waals surface area contributed by atoms with E-state index >= 15 is 0 Å².